The van der Waals surface area contributed by atoms with Crippen LogP contribution in [-0.2, 0) is 4.79 Å². The van der Waals surface area contributed by atoms with E-state index >= 15 is 0 Å². The second-order valence-electron chi connectivity index (χ2n) is 5.18. The molecule has 0 saturated heterocycles. The van der Waals surface area contributed by atoms with E-state index in [1.807, 2.05) is 0 Å². The van der Waals surface area contributed by atoms with Crippen molar-refractivity contribution in [2.75, 3.05) is 20.8 Å². The molecule has 0 fully saturated rings. The number of amides is 2. The van der Waals surface area contributed by atoms with Gasteiger partial charge in [-0.1, -0.05) is 17.7 Å². The summed E-state index contributed by atoms with van der Waals surface area (Å²) in [6, 6.07) is 8.95. The third-order valence-corrected chi connectivity index (χ3v) is 3.75. The first-order valence-electron chi connectivity index (χ1n) is 7.72. The van der Waals surface area contributed by atoms with Crippen LogP contribution in [0.15, 0.2) is 41.5 Å². The number of benzene rings is 2. The Morgan fingerprint density at radius 2 is 2.00 bits per heavy atom. The number of halogens is 2. The molecule has 0 atom stereocenters. The molecule has 0 unspecified atom stereocenters. The Kier molecular flexibility index (Phi) is 7.13. The van der Waals surface area contributed by atoms with E-state index in [0.29, 0.717) is 17.1 Å². The van der Waals surface area contributed by atoms with Gasteiger partial charge in [-0.3, -0.25) is 9.59 Å². The molecule has 0 aromatic heterocycles. The highest BCUT2D eigenvalue weighted by Crippen LogP contribution is 2.23. The van der Waals surface area contributed by atoms with Gasteiger partial charge < -0.3 is 14.8 Å². The van der Waals surface area contributed by atoms with E-state index in [4.69, 9.17) is 21.1 Å². The maximum Gasteiger partial charge on any atom is 0.259 e. The summed E-state index contributed by atoms with van der Waals surface area (Å²) >= 11 is 5.80. The molecule has 9 heteroatoms. The van der Waals surface area contributed by atoms with Crippen molar-refractivity contribution in [2.45, 2.75) is 0 Å². The smallest absolute Gasteiger partial charge is 0.259 e. The summed E-state index contributed by atoms with van der Waals surface area (Å²) in [7, 11) is 3.03. The number of hydrogen-bond acceptors (Lipinski definition) is 5. The predicted molar refractivity (Wildman–Crippen MR) is 99.0 cm³/mol. The highest BCUT2D eigenvalue weighted by Gasteiger charge is 2.16. The topological polar surface area (TPSA) is 89.0 Å². The van der Waals surface area contributed by atoms with Crippen molar-refractivity contribution in [2.24, 2.45) is 5.10 Å². The first-order valence-corrected chi connectivity index (χ1v) is 8.10. The number of nitrogens with zero attached hydrogens (tertiary/aromatic N) is 1. The molecule has 0 aliphatic carbocycles. The molecule has 7 nitrogen and oxygen atoms in total. The summed E-state index contributed by atoms with van der Waals surface area (Å²) in [4.78, 5) is 23.7. The van der Waals surface area contributed by atoms with Crippen LogP contribution in [0, 0.1) is 5.82 Å². The van der Waals surface area contributed by atoms with Crippen molar-refractivity contribution in [3.8, 4) is 11.5 Å². The fourth-order valence-electron chi connectivity index (χ4n) is 2.10. The standard InChI is InChI=1S/C18H17ClFN3O4/c1-26-12-7-6-11(15(8-12)27-2)9-22-23-16(24)10-21-18(25)17-13(19)4-3-5-14(17)20/h3-9H,10H2,1-2H3,(H,21,25)(H,23,24)/b22-9+. The molecule has 0 aliphatic heterocycles. The average Bonchev–Trinajstić information content (AvgIpc) is 2.66. The van der Waals surface area contributed by atoms with Crippen molar-refractivity contribution in [3.05, 3.63) is 58.4 Å². The molecule has 27 heavy (non-hydrogen) atoms. The van der Waals surface area contributed by atoms with Gasteiger partial charge in [0.1, 0.15) is 17.3 Å². The molecule has 0 heterocycles. The second kappa shape index (κ2) is 9.54. The fraction of sp³-hybridized carbons (Fsp3) is 0.167. The lowest BCUT2D eigenvalue weighted by Crippen LogP contribution is -2.35. The van der Waals surface area contributed by atoms with Gasteiger partial charge in [-0.2, -0.15) is 5.10 Å². The maximum atomic E-state index is 13.7. The Hall–Kier alpha value is -3.13. The van der Waals surface area contributed by atoms with Gasteiger partial charge >= 0.3 is 0 Å². The zero-order valence-electron chi connectivity index (χ0n) is 14.6. The molecular weight excluding hydrogens is 377 g/mol. The minimum absolute atomic E-state index is 0.0440. The van der Waals surface area contributed by atoms with Crippen LogP contribution < -0.4 is 20.2 Å². The van der Waals surface area contributed by atoms with Crippen LogP contribution in [0.5, 0.6) is 11.5 Å². The average molecular weight is 394 g/mol. The van der Waals surface area contributed by atoms with E-state index in [0.717, 1.165) is 6.07 Å². The number of ether oxygens (including phenoxy) is 2. The van der Waals surface area contributed by atoms with Gasteiger partial charge in [0.05, 0.1) is 37.6 Å². The first-order chi connectivity index (χ1) is 13.0. The molecule has 2 rings (SSSR count). The van der Waals surface area contributed by atoms with Crippen LogP contribution in [0.3, 0.4) is 0 Å². The molecule has 2 aromatic rings. The zero-order chi connectivity index (χ0) is 19.8. The number of methoxy groups -OCH3 is 2. The number of carbonyl (C=O) groups excluding carboxylic acids is 2. The minimum Gasteiger partial charge on any atom is -0.497 e. The summed E-state index contributed by atoms with van der Waals surface area (Å²) < 4.78 is 23.9. The van der Waals surface area contributed by atoms with Crippen LogP contribution in [0.25, 0.3) is 0 Å². The number of carbonyl (C=O) groups is 2. The predicted octanol–water partition coefficient (Wildman–Crippen LogP) is 2.38. The van der Waals surface area contributed by atoms with Crippen LogP contribution >= 0.6 is 11.6 Å². The SMILES string of the molecule is COc1ccc(/C=N/NC(=O)CNC(=O)c2c(F)cccc2Cl)c(OC)c1. The van der Waals surface area contributed by atoms with Crippen molar-refractivity contribution in [3.63, 3.8) is 0 Å². The Morgan fingerprint density at radius 1 is 1.22 bits per heavy atom. The van der Waals surface area contributed by atoms with E-state index in [-0.39, 0.29) is 10.6 Å². The molecular formula is C18H17ClFN3O4. The Balaban J connectivity index is 1.91. The van der Waals surface area contributed by atoms with Gasteiger partial charge in [0.2, 0.25) is 0 Å². The summed E-state index contributed by atoms with van der Waals surface area (Å²) in [5, 5.41) is 6.03. The minimum atomic E-state index is -0.797. The third kappa shape index (κ3) is 5.42. The molecule has 0 spiro atoms. The highest BCUT2D eigenvalue weighted by atomic mass is 35.5. The number of rotatable bonds is 7. The molecule has 142 valence electrons. The van der Waals surface area contributed by atoms with Crippen LogP contribution in [0.1, 0.15) is 15.9 Å². The summed E-state index contributed by atoms with van der Waals surface area (Å²) in [5.74, 6) is -1.05. The summed E-state index contributed by atoms with van der Waals surface area (Å²) in [5.41, 5.74) is 2.54. The van der Waals surface area contributed by atoms with Crippen LogP contribution in [0.4, 0.5) is 4.39 Å². The normalized spacial score (nSPS) is 10.5. The van der Waals surface area contributed by atoms with E-state index in [1.54, 1.807) is 18.2 Å². The van der Waals surface area contributed by atoms with Crippen molar-refractivity contribution < 1.29 is 23.5 Å². The maximum absolute atomic E-state index is 13.7. The lowest BCUT2D eigenvalue weighted by molar-refractivity contribution is -0.120. The van der Waals surface area contributed by atoms with Crippen LogP contribution in [0.2, 0.25) is 5.02 Å². The molecule has 2 N–H and O–H groups in total. The lowest BCUT2D eigenvalue weighted by atomic mass is 10.2. The second-order valence-corrected chi connectivity index (χ2v) is 5.59. The number of hydrogen-bond donors (Lipinski definition) is 2. The number of hydrazone groups is 1. The Labute approximate surface area is 160 Å². The largest absolute Gasteiger partial charge is 0.497 e. The molecule has 2 aromatic carbocycles. The van der Waals surface area contributed by atoms with Crippen LogP contribution in [-0.4, -0.2) is 38.8 Å². The van der Waals surface area contributed by atoms with Crippen molar-refractivity contribution in [1.82, 2.24) is 10.7 Å². The van der Waals surface area contributed by atoms with Gasteiger partial charge in [0, 0.05) is 11.6 Å². The number of nitrogens with one attached hydrogen (secondary N) is 2. The van der Waals surface area contributed by atoms with Gasteiger partial charge in [-0.25, -0.2) is 9.82 Å². The summed E-state index contributed by atoms with van der Waals surface area (Å²) in [6.07, 6.45) is 1.38. The van der Waals surface area contributed by atoms with E-state index in [9.17, 15) is 14.0 Å². The van der Waals surface area contributed by atoms with Gasteiger partial charge in [-0.05, 0) is 24.3 Å². The molecule has 2 amide bonds. The zero-order valence-corrected chi connectivity index (χ0v) is 15.3. The molecule has 0 radical (unpaired) electrons. The van der Waals surface area contributed by atoms with E-state index in [2.05, 4.69) is 15.8 Å². The monoisotopic (exact) mass is 393 g/mol. The summed E-state index contributed by atoms with van der Waals surface area (Å²) in [6.45, 7) is -0.402. The van der Waals surface area contributed by atoms with Gasteiger partial charge in [0.15, 0.2) is 0 Å². The van der Waals surface area contributed by atoms with Gasteiger partial charge in [-0.15, -0.1) is 0 Å². The Bertz CT molecular complexity index is 853. The lowest BCUT2D eigenvalue weighted by Gasteiger charge is -2.08. The van der Waals surface area contributed by atoms with E-state index in [1.165, 1.54) is 32.6 Å². The molecule has 0 aliphatic rings. The van der Waals surface area contributed by atoms with Gasteiger partial charge in [0.25, 0.3) is 11.8 Å². The molecule has 0 bridgehead atoms. The highest BCUT2D eigenvalue weighted by molar-refractivity contribution is 6.33. The fourth-order valence-corrected chi connectivity index (χ4v) is 2.35. The first kappa shape index (κ1) is 20.2. The van der Waals surface area contributed by atoms with Crippen molar-refractivity contribution >= 4 is 29.6 Å². The quantitative estimate of drug-likeness (QED) is 0.558. The third-order valence-electron chi connectivity index (χ3n) is 3.43. The molecule has 0 saturated carbocycles. The van der Waals surface area contributed by atoms with E-state index < -0.39 is 24.2 Å². The Morgan fingerprint density at radius 3 is 2.67 bits per heavy atom. The van der Waals surface area contributed by atoms with Crippen molar-refractivity contribution in [1.29, 1.82) is 0 Å².